The lowest BCUT2D eigenvalue weighted by molar-refractivity contribution is -0.136. The van der Waals surface area contributed by atoms with Gasteiger partial charge in [-0.05, 0) is 55.7 Å². The van der Waals surface area contributed by atoms with E-state index in [4.69, 9.17) is 18.9 Å². The van der Waals surface area contributed by atoms with Crippen molar-refractivity contribution in [1.82, 2.24) is 5.32 Å². The number of esters is 1. The molecule has 0 unspecified atom stereocenters. The summed E-state index contributed by atoms with van der Waals surface area (Å²) in [6.07, 6.45) is 2.03. The number of hydrogen-bond acceptors (Lipinski definition) is 7. The van der Waals surface area contributed by atoms with E-state index in [9.17, 15) is 9.59 Å². The Labute approximate surface area is 199 Å². The molecule has 1 N–H and O–H groups in total. The molecule has 2 aliphatic rings. The SMILES string of the molecule is COC(=O)C1=C(C)NC2=C(C(=O)CCC2)[C@H]1c1ccc(COc2ccc(OC)cc2)c(OC)c1. The lowest BCUT2D eigenvalue weighted by Crippen LogP contribution is -2.34. The average molecular weight is 464 g/mol. The molecule has 1 aliphatic heterocycles. The largest absolute Gasteiger partial charge is 0.497 e. The maximum absolute atomic E-state index is 13.0. The highest BCUT2D eigenvalue weighted by Gasteiger charge is 2.39. The van der Waals surface area contributed by atoms with Gasteiger partial charge in [0.1, 0.15) is 23.9 Å². The highest BCUT2D eigenvalue weighted by atomic mass is 16.5. The summed E-state index contributed by atoms with van der Waals surface area (Å²) in [5.74, 6) is 1.18. The van der Waals surface area contributed by atoms with Gasteiger partial charge < -0.3 is 24.3 Å². The summed E-state index contributed by atoms with van der Waals surface area (Å²) < 4.78 is 21.8. The van der Waals surface area contributed by atoms with Crippen LogP contribution in [0.1, 0.15) is 43.2 Å². The fourth-order valence-corrected chi connectivity index (χ4v) is 4.59. The van der Waals surface area contributed by atoms with Crippen LogP contribution in [0.25, 0.3) is 0 Å². The molecular formula is C27H29NO6. The molecule has 0 radical (unpaired) electrons. The van der Waals surface area contributed by atoms with Crippen molar-refractivity contribution in [3.63, 3.8) is 0 Å². The van der Waals surface area contributed by atoms with Gasteiger partial charge in [0.25, 0.3) is 0 Å². The fraction of sp³-hybridized carbons (Fsp3) is 0.333. The number of allylic oxidation sites excluding steroid dienone is 3. The Morgan fingerprint density at radius 1 is 1.00 bits per heavy atom. The van der Waals surface area contributed by atoms with Gasteiger partial charge in [0.05, 0.1) is 26.9 Å². The van der Waals surface area contributed by atoms with E-state index in [1.54, 1.807) is 14.2 Å². The molecule has 0 saturated carbocycles. The Balaban J connectivity index is 1.68. The Morgan fingerprint density at radius 3 is 2.41 bits per heavy atom. The summed E-state index contributed by atoms with van der Waals surface area (Å²) in [5, 5.41) is 3.28. The van der Waals surface area contributed by atoms with Crippen molar-refractivity contribution in [3.05, 3.63) is 76.1 Å². The van der Waals surface area contributed by atoms with Crippen LogP contribution in [0.3, 0.4) is 0 Å². The first kappa shape index (κ1) is 23.4. The monoisotopic (exact) mass is 463 g/mol. The van der Waals surface area contributed by atoms with Crippen LogP contribution in [0.4, 0.5) is 0 Å². The molecule has 4 rings (SSSR count). The number of hydrogen-bond donors (Lipinski definition) is 1. The third-order valence-corrected chi connectivity index (χ3v) is 6.28. The van der Waals surface area contributed by atoms with E-state index in [1.165, 1.54) is 7.11 Å². The summed E-state index contributed by atoms with van der Waals surface area (Å²) in [5.41, 5.74) is 4.32. The molecule has 1 aliphatic carbocycles. The number of ketones is 1. The lowest BCUT2D eigenvalue weighted by Gasteiger charge is -2.34. The average Bonchev–Trinajstić information content (AvgIpc) is 2.86. The van der Waals surface area contributed by atoms with Crippen molar-refractivity contribution in [2.75, 3.05) is 21.3 Å². The summed E-state index contributed by atoms with van der Waals surface area (Å²) in [4.78, 5) is 25.7. The van der Waals surface area contributed by atoms with Crippen LogP contribution in [0.5, 0.6) is 17.2 Å². The van der Waals surface area contributed by atoms with Crippen LogP contribution in [0.15, 0.2) is 65.0 Å². The first-order valence-electron chi connectivity index (χ1n) is 11.2. The predicted octanol–water partition coefficient (Wildman–Crippen LogP) is 4.42. The van der Waals surface area contributed by atoms with Crippen molar-refractivity contribution in [2.45, 2.75) is 38.7 Å². The maximum atomic E-state index is 13.0. The topological polar surface area (TPSA) is 83.1 Å². The highest BCUT2D eigenvalue weighted by Crippen LogP contribution is 2.43. The van der Waals surface area contributed by atoms with Gasteiger partial charge in [-0.3, -0.25) is 4.79 Å². The quantitative estimate of drug-likeness (QED) is 0.609. The van der Waals surface area contributed by atoms with E-state index in [0.29, 0.717) is 41.4 Å². The number of Topliss-reactive ketones (excluding diaryl/α,β-unsaturated/α-hetero) is 1. The second-order valence-electron chi connectivity index (χ2n) is 8.29. The first-order valence-corrected chi connectivity index (χ1v) is 11.2. The molecule has 1 heterocycles. The minimum atomic E-state index is -0.512. The second-order valence-corrected chi connectivity index (χ2v) is 8.29. The second kappa shape index (κ2) is 10.0. The zero-order chi connectivity index (χ0) is 24.2. The molecule has 0 amide bonds. The van der Waals surface area contributed by atoms with Gasteiger partial charge in [0.2, 0.25) is 0 Å². The van der Waals surface area contributed by atoms with Crippen LogP contribution in [0, 0.1) is 0 Å². The van der Waals surface area contributed by atoms with Crippen LogP contribution >= 0.6 is 0 Å². The molecule has 2 aromatic rings. The first-order chi connectivity index (χ1) is 16.5. The molecule has 0 aromatic heterocycles. The molecule has 178 valence electrons. The van der Waals surface area contributed by atoms with Crippen molar-refractivity contribution >= 4 is 11.8 Å². The normalized spacial score (nSPS) is 17.6. The number of nitrogens with one attached hydrogen (secondary N) is 1. The Hall–Kier alpha value is -3.74. The molecule has 34 heavy (non-hydrogen) atoms. The van der Waals surface area contributed by atoms with Crippen molar-refractivity contribution in [2.24, 2.45) is 0 Å². The predicted molar refractivity (Wildman–Crippen MR) is 127 cm³/mol. The van der Waals surface area contributed by atoms with E-state index in [0.717, 1.165) is 35.4 Å². The zero-order valence-electron chi connectivity index (χ0n) is 19.9. The van der Waals surface area contributed by atoms with Gasteiger partial charge in [-0.15, -0.1) is 0 Å². The number of methoxy groups -OCH3 is 3. The number of carbonyl (C=O) groups is 2. The zero-order valence-corrected chi connectivity index (χ0v) is 19.9. The molecule has 1 atom stereocenters. The van der Waals surface area contributed by atoms with Crippen LogP contribution < -0.4 is 19.5 Å². The minimum absolute atomic E-state index is 0.0542. The molecule has 7 nitrogen and oxygen atoms in total. The fourth-order valence-electron chi connectivity index (χ4n) is 4.59. The van der Waals surface area contributed by atoms with Gasteiger partial charge in [-0.2, -0.15) is 0 Å². The summed E-state index contributed by atoms with van der Waals surface area (Å²) in [7, 11) is 4.57. The standard InChI is InChI=1S/C27H29NO6/c1-16-24(27(30)33-4)25(26-21(28-16)6-5-7-22(26)29)17-8-9-18(23(14-17)32-3)15-34-20-12-10-19(31-2)11-13-20/h8-14,25,28H,5-7,15H2,1-4H3/t25-/m0/s1. The third kappa shape index (κ3) is 4.51. The van der Waals surface area contributed by atoms with Crippen LogP contribution in [-0.2, 0) is 20.9 Å². The van der Waals surface area contributed by atoms with Gasteiger partial charge in [0, 0.05) is 34.9 Å². The van der Waals surface area contributed by atoms with Crippen molar-refractivity contribution in [1.29, 1.82) is 0 Å². The molecule has 0 bridgehead atoms. The summed E-state index contributed by atoms with van der Waals surface area (Å²) in [6, 6.07) is 13.1. The molecule has 7 heteroatoms. The summed E-state index contributed by atoms with van der Waals surface area (Å²) >= 11 is 0. The highest BCUT2D eigenvalue weighted by molar-refractivity contribution is 6.03. The van der Waals surface area contributed by atoms with E-state index >= 15 is 0 Å². The van der Waals surface area contributed by atoms with Gasteiger partial charge in [0.15, 0.2) is 5.78 Å². The molecule has 0 spiro atoms. The Bertz CT molecular complexity index is 1160. The van der Waals surface area contributed by atoms with E-state index in [1.807, 2.05) is 49.4 Å². The minimum Gasteiger partial charge on any atom is -0.497 e. The summed E-state index contributed by atoms with van der Waals surface area (Å²) in [6.45, 7) is 2.14. The van der Waals surface area contributed by atoms with E-state index < -0.39 is 11.9 Å². The Kier molecular flexibility index (Phi) is 6.91. The number of benzene rings is 2. The lowest BCUT2D eigenvalue weighted by atomic mass is 9.75. The maximum Gasteiger partial charge on any atom is 0.336 e. The van der Waals surface area contributed by atoms with E-state index in [-0.39, 0.29) is 5.78 Å². The number of ether oxygens (including phenoxy) is 4. The van der Waals surface area contributed by atoms with Gasteiger partial charge in [-0.25, -0.2) is 4.79 Å². The number of rotatable bonds is 7. The third-order valence-electron chi connectivity index (χ3n) is 6.28. The molecule has 0 saturated heterocycles. The van der Waals surface area contributed by atoms with Crippen LogP contribution in [0.2, 0.25) is 0 Å². The number of dihydropyridines is 1. The Morgan fingerprint density at radius 2 is 1.74 bits per heavy atom. The van der Waals surface area contributed by atoms with Crippen LogP contribution in [-0.4, -0.2) is 33.1 Å². The van der Waals surface area contributed by atoms with Crippen molar-refractivity contribution < 1.29 is 28.5 Å². The van der Waals surface area contributed by atoms with E-state index in [2.05, 4.69) is 5.32 Å². The molecular weight excluding hydrogens is 434 g/mol. The van der Waals surface area contributed by atoms with Gasteiger partial charge in [-0.1, -0.05) is 12.1 Å². The molecule has 2 aromatic carbocycles. The molecule has 0 fully saturated rings. The smallest absolute Gasteiger partial charge is 0.336 e. The number of carbonyl (C=O) groups excluding carboxylic acids is 2. The van der Waals surface area contributed by atoms with Crippen molar-refractivity contribution in [3.8, 4) is 17.2 Å². The van der Waals surface area contributed by atoms with Gasteiger partial charge >= 0.3 is 5.97 Å².